The van der Waals surface area contributed by atoms with Gasteiger partial charge in [-0.05, 0) is 37.5 Å². The fraction of sp³-hybridized carbons (Fsp3) is 0.951. The molecule has 0 rings (SSSR count). The number of esters is 4. The first-order chi connectivity index (χ1) is 48.9. The van der Waals surface area contributed by atoms with Crippen LogP contribution >= 0.6 is 15.6 Å². The van der Waals surface area contributed by atoms with Crippen LogP contribution in [0.15, 0.2) is 0 Å². The maximum Gasteiger partial charge on any atom is 0.472 e. The third kappa shape index (κ3) is 76.1. The molecule has 0 aromatic rings. The van der Waals surface area contributed by atoms with Crippen LogP contribution in [0.25, 0.3) is 0 Å². The number of unbranched alkanes of at least 4 members (excludes halogenated alkanes) is 51. The summed E-state index contributed by atoms with van der Waals surface area (Å²) >= 11 is 0. The molecule has 0 bridgehead atoms. The van der Waals surface area contributed by atoms with Crippen LogP contribution < -0.4 is 0 Å². The highest BCUT2D eigenvalue weighted by Crippen LogP contribution is 2.45. The summed E-state index contributed by atoms with van der Waals surface area (Å²) in [5.74, 6) is -0.548. The molecule has 0 saturated heterocycles. The van der Waals surface area contributed by atoms with E-state index in [-0.39, 0.29) is 25.7 Å². The summed E-state index contributed by atoms with van der Waals surface area (Å²) < 4.78 is 68.8. The predicted octanol–water partition coefficient (Wildman–Crippen LogP) is 24.7. The van der Waals surface area contributed by atoms with Crippen molar-refractivity contribution in [3.8, 4) is 0 Å². The van der Waals surface area contributed by atoms with Crippen LogP contribution in [0.4, 0.5) is 0 Å². The number of ether oxygens (including phenoxy) is 4. The zero-order valence-corrected chi connectivity index (χ0v) is 68.0. The minimum Gasteiger partial charge on any atom is -0.462 e. The number of hydrogen-bond acceptors (Lipinski definition) is 15. The SMILES string of the molecule is CCCCCCCCCCCCCCCCCCCCCC(=O)O[C@H](COC(=O)CCCCCCCCCCCCCCCCCC(C)C)COP(=O)(O)OC[C@@H](O)COP(=O)(O)OC[C@@H](COC(=O)CCCCCCCCCCCCC)OC(=O)CCCCCCCCCCCCC(C)C. The normalized spacial score (nSPS) is 13.9. The van der Waals surface area contributed by atoms with Crippen LogP contribution in [0.1, 0.15) is 433 Å². The second kappa shape index (κ2) is 73.6. The Bertz CT molecular complexity index is 1940. The molecule has 0 saturated carbocycles. The van der Waals surface area contributed by atoms with Gasteiger partial charge in [0.05, 0.1) is 26.4 Å². The molecule has 0 radical (unpaired) electrons. The Morgan fingerprint density at radius 1 is 0.267 bits per heavy atom. The van der Waals surface area contributed by atoms with Crippen molar-refractivity contribution in [1.82, 2.24) is 0 Å². The van der Waals surface area contributed by atoms with E-state index in [1.165, 1.54) is 250 Å². The monoisotopic (exact) mass is 1480 g/mol. The number of carbonyl (C=O) groups excluding carboxylic acids is 4. The molecule has 0 fully saturated rings. The maximum absolute atomic E-state index is 13.1. The molecule has 5 atom stereocenters. The molecule has 0 heterocycles. The molecule has 2 unspecified atom stereocenters. The summed E-state index contributed by atoms with van der Waals surface area (Å²) in [5.41, 5.74) is 0. The molecule has 0 aliphatic carbocycles. The summed E-state index contributed by atoms with van der Waals surface area (Å²) in [4.78, 5) is 73.1. The van der Waals surface area contributed by atoms with Crippen molar-refractivity contribution in [3.05, 3.63) is 0 Å². The lowest BCUT2D eigenvalue weighted by molar-refractivity contribution is -0.161. The zero-order valence-electron chi connectivity index (χ0n) is 66.2. The van der Waals surface area contributed by atoms with Crippen molar-refractivity contribution in [2.75, 3.05) is 39.6 Å². The number of phosphoric acid groups is 2. The van der Waals surface area contributed by atoms with E-state index in [4.69, 9.17) is 37.0 Å². The third-order valence-corrected chi connectivity index (χ3v) is 21.1. The molecule has 0 aliphatic heterocycles. The summed E-state index contributed by atoms with van der Waals surface area (Å²) in [5, 5.41) is 10.6. The van der Waals surface area contributed by atoms with Crippen LogP contribution in [0.3, 0.4) is 0 Å². The van der Waals surface area contributed by atoms with Crippen molar-refractivity contribution in [2.45, 2.75) is 452 Å². The minimum absolute atomic E-state index is 0.106. The number of phosphoric ester groups is 2. The molecule has 17 nitrogen and oxygen atoms in total. The quantitative estimate of drug-likeness (QED) is 0.0222. The first-order valence-electron chi connectivity index (χ1n) is 42.5. The molecular formula is C82H160O17P2. The molecule has 101 heavy (non-hydrogen) atoms. The number of aliphatic hydroxyl groups is 1. The fourth-order valence-electron chi connectivity index (χ4n) is 12.7. The molecule has 3 N–H and O–H groups in total. The van der Waals surface area contributed by atoms with Crippen LogP contribution in [-0.4, -0.2) is 96.7 Å². The smallest absolute Gasteiger partial charge is 0.462 e. The van der Waals surface area contributed by atoms with Gasteiger partial charge in [-0.3, -0.25) is 37.3 Å². The van der Waals surface area contributed by atoms with Crippen LogP contribution in [0, 0.1) is 11.8 Å². The van der Waals surface area contributed by atoms with E-state index in [9.17, 15) is 43.2 Å². The second-order valence-corrected chi connectivity index (χ2v) is 33.4. The van der Waals surface area contributed by atoms with Gasteiger partial charge in [-0.15, -0.1) is 0 Å². The molecule has 0 spiro atoms. The Labute approximate surface area is 619 Å². The molecule has 0 amide bonds. The van der Waals surface area contributed by atoms with E-state index in [1.54, 1.807) is 0 Å². The van der Waals surface area contributed by atoms with Gasteiger partial charge in [0.2, 0.25) is 0 Å². The highest BCUT2D eigenvalue weighted by molar-refractivity contribution is 7.47. The lowest BCUT2D eigenvalue weighted by atomic mass is 10.0. The van der Waals surface area contributed by atoms with Gasteiger partial charge < -0.3 is 33.8 Å². The minimum atomic E-state index is -4.96. The first-order valence-corrected chi connectivity index (χ1v) is 45.5. The van der Waals surface area contributed by atoms with Crippen LogP contribution in [0.2, 0.25) is 0 Å². The number of hydrogen-bond donors (Lipinski definition) is 3. The van der Waals surface area contributed by atoms with Gasteiger partial charge in [0.25, 0.3) is 0 Å². The average Bonchev–Trinajstić information content (AvgIpc) is 0.948. The highest BCUT2D eigenvalue weighted by Gasteiger charge is 2.30. The van der Waals surface area contributed by atoms with Crippen molar-refractivity contribution in [2.24, 2.45) is 11.8 Å². The number of carbonyl (C=O) groups is 4. The maximum atomic E-state index is 13.1. The van der Waals surface area contributed by atoms with Gasteiger partial charge in [-0.1, -0.05) is 382 Å². The Hall–Kier alpha value is -1.94. The predicted molar refractivity (Wildman–Crippen MR) is 414 cm³/mol. The van der Waals surface area contributed by atoms with Gasteiger partial charge in [-0.25, -0.2) is 9.13 Å². The van der Waals surface area contributed by atoms with E-state index in [0.717, 1.165) is 102 Å². The van der Waals surface area contributed by atoms with Gasteiger partial charge in [-0.2, -0.15) is 0 Å². The van der Waals surface area contributed by atoms with Crippen molar-refractivity contribution < 1.29 is 80.2 Å². The molecule has 600 valence electrons. The fourth-order valence-corrected chi connectivity index (χ4v) is 14.3. The van der Waals surface area contributed by atoms with Gasteiger partial charge >= 0.3 is 39.5 Å². The summed E-state index contributed by atoms with van der Waals surface area (Å²) in [7, 11) is -9.92. The van der Waals surface area contributed by atoms with Gasteiger partial charge in [0.1, 0.15) is 19.3 Å². The Morgan fingerprint density at radius 2 is 0.455 bits per heavy atom. The zero-order chi connectivity index (χ0) is 74.2. The molecule has 0 aromatic heterocycles. The van der Waals surface area contributed by atoms with Crippen molar-refractivity contribution in [3.63, 3.8) is 0 Å². The third-order valence-electron chi connectivity index (χ3n) is 19.2. The molecular weight excluding hydrogens is 1320 g/mol. The molecule has 0 aromatic carbocycles. The Kier molecular flexibility index (Phi) is 72.2. The Balaban J connectivity index is 5.24. The standard InChI is InChI=1S/C82H160O17P2/c1-7-9-11-13-15-17-19-20-21-22-23-24-27-31-35-42-48-54-60-66-81(86)98-77(71-93-80(85)65-59-53-47-41-34-30-28-25-26-29-33-38-44-50-56-62-74(3)4)72-96-100(88,89)94-68-76(83)69-95-101(90,91)97-73-78(70-92-79(84)64-58-52-46-40-32-18-16-14-12-10-8-2)99-82(87)67-61-55-49-43-37-36-39-45-51-57-63-75(5)6/h74-78,83H,7-73H2,1-6H3,(H,88,89)(H,90,91)/t76-,77-,78-/m1/s1. The second-order valence-electron chi connectivity index (χ2n) is 30.5. The van der Waals surface area contributed by atoms with Crippen molar-refractivity contribution >= 4 is 39.5 Å². The van der Waals surface area contributed by atoms with E-state index in [2.05, 4.69) is 41.5 Å². The topological polar surface area (TPSA) is 237 Å². The lowest BCUT2D eigenvalue weighted by Crippen LogP contribution is -2.30. The van der Waals surface area contributed by atoms with Gasteiger partial charge in [0.15, 0.2) is 12.2 Å². The van der Waals surface area contributed by atoms with E-state index >= 15 is 0 Å². The number of aliphatic hydroxyl groups excluding tert-OH is 1. The highest BCUT2D eigenvalue weighted by atomic mass is 31.2. The lowest BCUT2D eigenvalue weighted by Gasteiger charge is -2.21. The average molecular weight is 1480 g/mol. The van der Waals surface area contributed by atoms with Gasteiger partial charge in [0, 0.05) is 25.7 Å². The first kappa shape index (κ1) is 99.1. The van der Waals surface area contributed by atoms with E-state index in [0.29, 0.717) is 25.7 Å². The molecule has 19 heteroatoms. The summed E-state index contributed by atoms with van der Waals surface area (Å²) in [6.07, 6.45) is 63.8. The van der Waals surface area contributed by atoms with Crippen molar-refractivity contribution in [1.29, 1.82) is 0 Å². The van der Waals surface area contributed by atoms with Crippen LogP contribution in [-0.2, 0) is 65.4 Å². The summed E-state index contributed by atoms with van der Waals surface area (Å²) in [6.45, 7) is 9.66. The Morgan fingerprint density at radius 3 is 0.673 bits per heavy atom. The van der Waals surface area contributed by atoms with E-state index in [1.807, 2.05) is 0 Å². The van der Waals surface area contributed by atoms with Crippen LogP contribution in [0.5, 0.6) is 0 Å². The largest absolute Gasteiger partial charge is 0.472 e. The van der Waals surface area contributed by atoms with E-state index < -0.39 is 97.5 Å². The summed E-state index contributed by atoms with van der Waals surface area (Å²) in [6, 6.07) is 0. The molecule has 0 aliphatic rings. The number of rotatable bonds is 81.